The van der Waals surface area contributed by atoms with Gasteiger partial charge in [-0.2, -0.15) is 5.10 Å². The molecule has 41 heavy (non-hydrogen) atoms. The summed E-state index contributed by atoms with van der Waals surface area (Å²) in [4.78, 5) is 38.5. The molecule has 5 heterocycles. The number of halogens is 1. The molecule has 4 aromatic rings. The Morgan fingerprint density at radius 1 is 1.29 bits per heavy atom. The summed E-state index contributed by atoms with van der Waals surface area (Å²) >= 11 is 0. The van der Waals surface area contributed by atoms with Crippen LogP contribution in [0.25, 0.3) is 22.4 Å². The Balaban J connectivity index is 1.39. The molecule has 1 amide bonds. The van der Waals surface area contributed by atoms with Crippen LogP contribution in [0.4, 0.5) is 16.0 Å². The van der Waals surface area contributed by atoms with Crippen molar-refractivity contribution in [1.82, 2.24) is 24.7 Å². The first-order valence-corrected chi connectivity index (χ1v) is 13.4. The topological polar surface area (TPSA) is 171 Å². The molecule has 0 radical (unpaired) electrons. The summed E-state index contributed by atoms with van der Waals surface area (Å²) in [6.07, 6.45) is 4.35. The molecular formula is C28H30FN7O5. The van der Waals surface area contributed by atoms with E-state index in [9.17, 15) is 19.1 Å². The standard InChI is InChI=1S/C28H30FN7O5/c1-27(2,26(38)39)11-15-13-41-25(31-15)28(3)19-21(30)32-23(33-22(19)34-24(28)37)20-17-8-7-14(29)10-18(17)36(35-20)12-16-6-4-5-9-40-16/h7-8,10,13,16H,4-6,9,11-12H2,1-3H3,(H,38,39)(H3,30,32,33,34,37). The molecule has 0 saturated carbocycles. The number of hydrogen-bond acceptors (Lipinski definition) is 9. The highest BCUT2D eigenvalue weighted by Gasteiger charge is 2.51. The minimum Gasteiger partial charge on any atom is -0.481 e. The zero-order chi connectivity index (χ0) is 29.1. The molecule has 13 heteroatoms. The fourth-order valence-electron chi connectivity index (χ4n) is 5.46. The van der Waals surface area contributed by atoms with E-state index in [4.69, 9.17) is 20.0 Å². The van der Waals surface area contributed by atoms with E-state index in [2.05, 4.69) is 20.3 Å². The number of hydrogen-bond donors (Lipinski definition) is 3. The van der Waals surface area contributed by atoms with Gasteiger partial charge in [0, 0.05) is 18.4 Å². The maximum absolute atomic E-state index is 14.3. The second kappa shape index (κ2) is 9.61. The Kier molecular flexibility index (Phi) is 6.29. The number of nitrogens with two attached hydrogens (primary N) is 1. The smallest absolute Gasteiger partial charge is 0.309 e. The summed E-state index contributed by atoms with van der Waals surface area (Å²) in [6, 6.07) is 4.37. The van der Waals surface area contributed by atoms with E-state index in [0.29, 0.717) is 41.0 Å². The van der Waals surface area contributed by atoms with Crippen LogP contribution in [0.1, 0.15) is 57.2 Å². The van der Waals surface area contributed by atoms with Crippen LogP contribution in [-0.2, 0) is 32.7 Å². The minimum atomic E-state index is -1.45. The van der Waals surface area contributed by atoms with Crippen LogP contribution in [-0.4, -0.2) is 54.4 Å². The molecular weight excluding hydrogens is 533 g/mol. The van der Waals surface area contributed by atoms with Crippen molar-refractivity contribution in [2.75, 3.05) is 17.7 Å². The third kappa shape index (κ3) is 4.49. The summed E-state index contributed by atoms with van der Waals surface area (Å²) in [5, 5.41) is 17.6. The molecule has 12 nitrogen and oxygen atoms in total. The van der Waals surface area contributed by atoms with Crippen LogP contribution >= 0.6 is 0 Å². The van der Waals surface area contributed by atoms with E-state index in [0.717, 1.165) is 19.3 Å². The van der Waals surface area contributed by atoms with Gasteiger partial charge in [-0.05, 0) is 58.2 Å². The summed E-state index contributed by atoms with van der Waals surface area (Å²) in [6.45, 7) is 5.89. The first kappa shape index (κ1) is 26.8. The Labute approximate surface area is 234 Å². The van der Waals surface area contributed by atoms with E-state index in [-0.39, 0.29) is 35.9 Å². The van der Waals surface area contributed by atoms with Crippen molar-refractivity contribution < 1.29 is 28.2 Å². The van der Waals surface area contributed by atoms with Crippen LogP contribution in [0.5, 0.6) is 0 Å². The number of anilines is 2. The van der Waals surface area contributed by atoms with Crippen LogP contribution < -0.4 is 11.1 Å². The number of nitrogens with zero attached hydrogens (tertiary/aromatic N) is 5. The van der Waals surface area contributed by atoms with Gasteiger partial charge in [-0.15, -0.1) is 0 Å². The number of nitrogens with one attached hydrogen (secondary N) is 1. The van der Waals surface area contributed by atoms with Crippen molar-refractivity contribution in [1.29, 1.82) is 0 Å². The third-order valence-electron chi connectivity index (χ3n) is 7.88. The van der Waals surface area contributed by atoms with Gasteiger partial charge < -0.3 is 25.3 Å². The number of rotatable bonds is 7. The fraction of sp³-hybridized carbons (Fsp3) is 0.429. The quantitative estimate of drug-likeness (QED) is 0.301. The lowest BCUT2D eigenvalue weighted by Gasteiger charge is -2.22. The fourth-order valence-corrected chi connectivity index (χ4v) is 5.46. The largest absolute Gasteiger partial charge is 0.481 e. The van der Waals surface area contributed by atoms with Gasteiger partial charge in [0.1, 0.15) is 29.4 Å². The van der Waals surface area contributed by atoms with Gasteiger partial charge >= 0.3 is 5.97 Å². The zero-order valence-electron chi connectivity index (χ0n) is 22.9. The molecule has 6 rings (SSSR count). The maximum atomic E-state index is 14.3. The lowest BCUT2D eigenvalue weighted by molar-refractivity contribution is -0.146. The predicted molar refractivity (Wildman–Crippen MR) is 145 cm³/mol. The molecule has 0 spiro atoms. The van der Waals surface area contributed by atoms with Gasteiger partial charge in [0.25, 0.3) is 0 Å². The number of fused-ring (bicyclic) bond motifs is 2. The van der Waals surface area contributed by atoms with Crippen LogP contribution in [0.15, 0.2) is 28.9 Å². The number of ether oxygens (including phenoxy) is 1. The number of carbonyl (C=O) groups is 2. The third-order valence-corrected chi connectivity index (χ3v) is 7.88. The lowest BCUT2D eigenvalue weighted by Crippen LogP contribution is -2.33. The van der Waals surface area contributed by atoms with Crippen molar-refractivity contribution in [2.45, 2.75) is 64.5 Å². The molecule has 2 aliphatic heterocycles. The first-order valence-electron chi connectivity index (χ1n) is 13.4. The number of carbonyl (C=O) groups excluding carboxylic acids is 1. The number of aromatic nitrogens is 5. The number of benzene rings is 1. The molecule has 2 atom stereocenters. The number of nitrogen functional groups attached to an aromatic ring is 1. The molecule has 214 valence electrons. The Bertz CT molecular complexity index is 1690. The van der Waals surface area contributed by atoms with E-state index in [1.54, 1.807) is 31.5 Å². The normalized spacial score (nSPS) is 20.8. The number of amides is 1. The van der Waals surface area contributed by atoms with E-state index >= 15 is 0 Å². The van der Waals surface area contributed by atoms with Crippen LogP contribution in [0, 0.1) is 11.2 Å². The van der Waals surface area contributed by atoms with E-state index in [1.165, 1.54) is 18.4 Å². The zero-order valence-corrected chi connectivity index (χ0v) is 22.9. The summed E-state index contributed by atoms with van der Waals surface area (Å²) in [7, 11) is 0. The molecule has 2 aliphatic rings. The Morgan fingerprint density at radius 2 is 2.10 bits per heavy atom. The Hall–Kier alpha value is -4.39. The second-order valence-corrected chi connectivity index (χ2v) is 11.4. The van der Waals surface area contributed by atoms with Gasteiger partial charge in [-0.1, -0.05) is 0 Å². The number of oxazole rings is 1. The summed E-state index contributed by atoms with van der Waals surface area (Å²) in [5.74, 6) is -1.42. The predicted octanol–water partition coefficient (Wildman–Crippen LogP) is 3.68. The second-order valence-electron chi connectivity index (χ2n) is 11.4. The summed E-state index contributed by atoms with van der Waals surface area (Å²) < 4.78 is 27.5. The van der Waals surface area contributed by atoms with Gasteiger partial charge in [0.2, 0.25) is 11.8 Å². The van der Waals surface area contributed by atoms with Crippen molar-refractivity contribution in [3.8, 4) is 11.5 Å². The van der Waals surface area contributed by atoms with Gasteiger partial charge in [-0.3, -0.25) is 14.3 Å². The number of carboxylic acid groups (broad SMARTS) is 1. The van der Waals surface area contributed by atoms with Crippen molar-refractivity contribution >= 4 is 34.4 Å². The van der Waals surface area contributed by atoms with Gasteiger partial charge in [-0.25, -0.2) is 19.3 Å². The number of aliphatic carboxylic acids is 1. The molecule has 3 aromatic heterocycles. The van der Waals surface area contributed by atoms with Crippen LogP contribution in [0.2, 0.25) is 0 Å². The van der Waals surface area contributed by atoms with Crippen molar-refractivity contribution in [2.24, 2.45) is 5.41 Å². The molecule has 2 unspecified atom stereocenters. The monoisotopic (exact) mass is 563 g/mol. The van der Waals surface area contributed by atoms with Crippen molar-refractivity contribution in [3.05, 3.63) is 47.4 Å². The molecule has 0 bridgehead atoms. The highest BCUT2D eigenvalue weighted by atomic mass is 19.1. The Morgan fingerprint density at radius 3 is 2.83 bits per heavy atom. The molecule has 1 saturated heterocycles. The van der Waals surface area contributed by atoms with E-state index < -0.39 is 28.5 Å². The average molecular weight is 564 g/mol. The van der Waals surface area contributed by atoms with Gasteiger partial charge in [0.05, 0.1) is 34.8 Å². The highest BCUT2D eigenvalue weighted by Crippen LogP contribution is 2.45. The molecule has 1 aromatic carbocycles. The molecule has 1 fully saturated rings. The van der Waals surface area contributed by atoms with E-state index in [1.807, 2.05) is 0 Å². The summed E-state index contributed by atoms with van der Waals surface area (Å²) in [5.41, 5.74) is 5.56. The average Bonchev–Trinajstić information content (AvgIpc) is 3.60. The van der Waals surface area contributed by atoms with Crippen molar-refractivity contribution in [3.63, 3.8) is 0 Å². The highest BCUT2D eigenvalue weighted by molar-refractivity contribution is 6.08. The lowest BCUT2D eigenvalue weighted by atomic mass is 9.84. The van der Waals surface area contributed by atoms with Crippen LogP contribution in [0.3, 0.4) is 0 Å². The maximum Gasteiger partial charge on any atom is 0.309 e. The molecule has 0 aliphatic carbocycles. The first-order chi connectivity index (χ1) is 19.5. The molecule has 4 N–H and O–H groups in total. The van der Waals surface area contributed by atoms with Gasteiger partial charge in [0.15, 0.2) is 11.2 Å². The minimum absolute atomic E-state index is 0.0249. The SMILES string of the molecule is CC(C)(Cc1coc(C2(C)C(=O)Nc3nc(-c4nn(CC5CCCCO5)c5cc(F)ccc45)nc(N)c32)n1)C(=O)O. The number of carboxylic acids is 1.